The van der Waals surface area contributed by atoms with Gasteiger partial charge < -0.3 is 4.90 Å². The summed E-state index contributed by atoms with van der Waals surface area (Å²) in [5.41, 5.74) is 19.8. The second kappa shape index (κ2) is 16.0. The Morgan fingerprint density at radius 2 is 0.686 bits per heavy atom. The Balaban J connectivity index is 1.06. The van der Waals surface area contributed by atoms with Gasteiger partial charge in [0.25, 0.3) is 0 Å². The van der Waals surface area contributed by atoms with Crippen molar-refractivity contribution in [2.24, 2.45) is 0 Å². The number of fused-ring (bicyclic) bond motifs is 9. The van der Waals surface area contributed by atoms with E-state index in [9.17, 15) is 0 Å². The third-order valence-electron chi connectivity index (χ3n) is 15.2. The van der Waals surface area contributed by atoms with Gasteiger partial charge >= 0.3 is 0 Å². The summed E-state index contributed by atoms with van der Waals surface area (Å²) in [5, 5.41) is 2.62. The lowest BCUT2D eigenvalue weighted by molar-refractivity contribution is 0.768. The van der Waals surface area contributed by atoms with Gasteiger partial charge in [-0.3, -0.25) is 0 Å². The van der Waals surface area contributed by atoms with Crippen molar-refractivity contribution >= 4 is 48.6 Å². The zero-order chi connectivity index (χ0) is 46.2. The highest BCUT2D eigenvalue weighted by atomic mass is 32.1. The highest BCUT2D eigenvalue weighted by Crippen LogP contribution is 2.63. The molecule has 0 saturated carbocycles. The molecule has 1 aromatic heterocycles. The van der Waals surface area contributed by atoms with Gasteiger partial charge in [0.05, 0.1) is 22.2 Å². The van der Waals surface area contributed by atoms with E-state index in [0.717, 1.165) is 17.1 Å². The molecule has 70 heavy (non-hydrogen) atoms. The van der Waals surface area contributed by atoms with Gasteiger partial charge in [0, 0.05) is 37.0 Å². The first-order valence-electron chi connectivity index (χ1n) is 24.3. The third-order valence-corrected chi connectivity index (χ3v) is 16.4. The Bertz CT molecular complexity index is 3670. The largest absolute Gasteiger partial charge is 0.309 e. The fraction of sp³-hybridized carbons (Fsp3) is 0.0294. The molecule has 0 amide bonds. The summed E-state index contributed by atoms with van der Waals surface area (Å²) >= 11 is 1.86. The van der Waals surface area contributed by atoms with Crippen LogP contribution in [0.15, 0.2) is 273 Å². The molecular weight excluding hydrogens is 863 g/mol. The predicted octanol–water partition coefficient (Wildman–Crippen LogP) is 17.9. The zero-order valence-corrected chi connectivity index (χ0v) is 39.2. The second-order valence-electron chi connectivity index (χ2n) is 18.6. The molecule has 0 aliphatic heterocycles. The Kier molecular flexibility index (Phi) is 9.27. The van der Waals surface area contributed by atoms with Gasteiger partial charge in [-0.05, 0) is 109 Å². The SMILES string of the molecule is c1ccc(C2(c3ccccc3)c3ccccc3-c3c(N(c4ccc(-c5ccc6sc7ccccc7c6c5)cc4)c4cccc5c4-c4ccccc4C5(c4ccccc4)c4ccccc4)cccc32)cc1. The molecule has 14 rings (SSSR count). The van der Waals surface area contributed by atoms with E-state index in [0.29, 0.717) is 0 Å². The Labute approximate surface area is 412 Å². The van der Waals surface area contributed by atoms with Crippen LogP contribution in [-0.2, 0) is 10.8 Å². The molecule has 2 heteroatoms. The van der Waals surface area contributed by atoms with Crippen LogP contribution in [0.4, 0.5) is 17.1 Å². The van der Waals surface area contributed by atoms with E-state index in [-0.39, 0.29) is 0 Å². The molecule has 11 aromatic carbocycles. The minimum atomic E-state index is -0.550. The van der Waals surface area contributed by atoms with E-state index < -0.39 is 10.8 Å². The van der Waals surface area contributed by atoms with Crippen molar-refractivity contribution < 1.29 is 0 Å². The average Bonchev–Trinajstić information content (AvgIpc) is 4.08. The van der Waals surface area contributed by atoms with Gasteiger partial charge in [0.1, 0.15) is 0 Å². The molecule has 1 nitrogen and oxygen atoms in total. The van der Waals surface area contributed by atoms with Crippen molar-refractivity contribution in [1.82, 2.24) is 0 Å². The van der Waals surface area contributed by atoms with Crippen molar-refractivity contribution in [3.8, 4) is 33.4 Å². The minimum Gasteiger partial charge on any atom is -0.309 e. The Hall–Kier alpha value is -8.56. The van der Waals surface area contributed by atoms with Gasteiger partial charge in [-0.15, -0.1) is 11.3 Å². The topological polar surface area (TPSA) is 3.24 Å². The second-order valence-corrected chi connectivity index (χ2v) is 19.7. The van der Waals surface area contributed by atoms with E-state index in [1.165, 1.54) is 98.1 Å². The molecule has 0 saturated heterocycles. The van der Waals surface area contributed by atoms with Crippen LogP contribution in [-0.4, -0.2) is 0 Å². The van der Waals surface area contributed by atoms with Crippen LogP contribution in [0.1, 0.15) is 44.5 Å². The molecule has 2 aliphatic rings. The fourth-order valence-corrected chi connectivity index (χ4v) is 13.5. The summed E-state index contributed by atoms with van der Waals surface area (Å²) in [6.07, 6.45) is 0. The number of thiophene rings is 1. The highest BCUT2D eigenvalue weighted by Gasteiger charge is 2.49. The molecule has 1 heterocycles. The number of hydrogen-bond acceptors (Lipinski definition) is 2. The van der Waals surface area contributed by atoms with Crippen LogP contribution < -0.4 is 4.90 Å². The number of rotatable bonds is 8. The molecule has 0 atom stereocenters. The summed E-state index contributed by atoms with van der Waals surface area (Å²) in [7, 11) is 0. The quantitative estimate of drug-likeness (QED) is 0.147. The summed E-state index contributed by atoms with van der Waals surface area (Å²) in [6, 6.07) is 102. The first-order chi connectivity index (χ1) is 34.7. The highest BCUT2D eigenvalue weighted by molar-refractivity contribution is 7.25. The van der Waals surface area contributed by atoms with Gasteiger partial charge in [-0.1, -0.05) is 231 Å². The summed E-state index contributed by atoms with van der Waals surface area (Å²) < 4.78 is 2.63. The maximum atomic E-state index is 2.57. The Morgan fingerprint density at radius 1 is 0.286 bits per heavy atom. The van der Waals surface area contributed by atoms with E-state index in [4.69, 9.17) is 0 Å². The van der Waals surface area contributed by atoms with Crippen molar-refractivity contribution in [2.45, 2.75) is 10.8 Å². The van der Waals surface area contributed by atoms with E-state index in [1.54, 1.807) is 0 Å². The fourth-order valence-electron chi connectivity index (χ4n) is 12.4. The van der Waals surface area contributed by atoms with E-state index >= 15 is 0 Å². The number of benzene rings is 11. The van der Waals surface area contributed by atoms with Crippen molar-refractivity contribution in [1.29, 1.82) is 0 Å². The van der Waals surface area contributed by atoms with E-state index in [1.807, 2.05) is 11.3 Å². The normalized spacial score (nSPS) is 13.7. The van der Waals surface area contributed by atoms with Crippen LogP contribution in [0.2, 0.25) is 0 Å². The monoisotopic (exact) mass is 907 g/mol. The maximum absolute atomic E-state index is 2.57. The molecule has 0 unspecified atom stereocenters. The van der Waals surface area contributed by atoms with Crippen LogP contribution in [0, 0.1) is 0 Å². The Morgan fingerprint density at radius 3 is 1.19 bits per heavy atom. The molecule has 12 aromatic rings. The molecule has 0 fully saturated rings. The molecule has 0 bridgehead atoms. The van der Waals surface area contributed by atoms with Gasteiger partial charge in [0.15, 0.2) is 0 Å². The molecule has 2 aliphatic carbocycles. The molecule has 0 spiro atoms. The van der Waals surface area contributed by atoms with Crippen LogP contribution in [0.3, 0.4) is 0 Å². The smallest absolute Gasteiger partial charge is 0.0714 e. The van der Waals surface area contributed by atoms with E-state index in [2.05, 4.69) is 278 Å². The maximum Gasteiger partial charge on any atom is 0.0714 e. The van der Waals surface area contributed by atoms with Crippen molar-refractivity contribution in [3.63, 3.8) is 0 Å². The number of nitrogens with zero attached hydrogens (tertiary/aromatic N) is 1. The van der Waals surface area contributed by atoms with Crippen molar-refractivity contribution in [2.75, 3.05) is 4.90 Å². The average molecular weight is 908 g/mol. The van der Waals surface area contributed by atoms with Crippen molar-refractivity contribution in [3.05, 3.63) is 317 Å². The molecule has 0 radical (unpaired) electrons. The number of anilines is 3. The minimum absolute atomic E-state index is 0.550. The first kappa shape index (κ1) is 40.5. The molecular formula is C68H45NS. The molecule has 0 N–H and O–H groups in total. The van der Waals surface area contributed by atoms with Gasteiger partial charge in [-0.25, -0.2) is 0 Å². The van der Waals surface area contributed by atoms with Crippen LogP contribution >= 0.6 is 11.3 Å². The number of hydrogen-bond donors (Lipinski definition) is 0. The zero-order valence-electron chi connectivity index (χ0n) is 38.3. The third kappa shape index (κ3) is 5.78. The first-order valence-corrected chi connectivity index (χ1v) is 25.1. The summed E-state index contributed by atoms with van der Waals surface area (Å²) in [4.78, 5) is 2.57. The van der Waals surface area contributed by atoms with Crippen LogP contribution in [0.25, 0.3) is 53.6 Å². The van der Waals surface area contributed by atoms with Gasteiger partial charge in [0.2, 0.25) is 0 Å². The van der Waals surface area contributed by atoms with Crippen LogP contribution in [0.5, 0.6) is 0 Å². The predicted molar refractivity (Wildman–Crippen MR) is 294 cm³/mol. The molecule has 328 valence electrons. The lowest BCUT2D eigenvalue weighted by atomic mass is 9.67. The summed E-state index contributed by atoms with van der Waals surface area (Å²) in [6.45, 7) is 0. The van der Waals surface area contributed by atoms with Gasteiger partial charge in [-0.2, -0.15) is 0 Å². The lowest BCUT2D eigenvalue weighted by Crippen LogP contribution is -2.28. The summed E-state index contributed by atoms with van der Waals surface area (Å²) in [5.74, 6) is 0. The standard InChI is InChI=1S/C68H45NS/c1-5-21-48(22-6-1)67(49-23-7-2-8-24-49)57-32-16-13-30-54(57)65-59(67)34-19-36-61(65)69(52-42-39-46(40-43-52)47-41-44-64-56(45-47)53-29-15-18-38-63(53)70-64)62-37-20-35-60-66(62)55-31-14-17-33-58(55)68(60,50-25-9-3-10-26-50)51-27-11-4-12-28-51/h1-45H. The lowest BCUT2D eigenvalue weighted by Gasteiger charge is -2.35.